The maximum Gasteiger partial charge on any atom is 0.259 e. The van der Waals surface area contributed by atoms with E-state index in [1.54, 1.807) is 24.3 Å². The number of anilines is 1. The molecule has 0 saturated heterocycles. The van der Waals surface area contributed by atoms with Crippen molar-refractivity contribution in [2.24, 2.45) is 0 Å². The Kier molecular flexibility index (Phi) is 5.49. The lowest BCUT2D eigenvalue weighted by Crippen LogP contribution is -2.13. The van der Waals surface area contributed by atoms with Crippen LogP contribution in [0, 0.1) is 6.92 Å². The van der Waals surface area contributed by atoms with E-state index in [1.165, 1.54) is 24.3 Å². The molecule has 0 spiro atoms. The molecule has 27 heavy (non-hydrogen) atoms. The molecule has 3 aromatic carbocycles. The maximum atomic E-state index is 12.6. The molecule has 0 radical (unpaired) electrons. The van der Waals surface area contributed by atoms with Gasteiger partial charge in [-0.3, -0.25) is 9.59 Å². The maximum absolute atomic E-state index is 12.6. The van der Waals surface area contributed by atoms with E-state index in [4.69, 9.17) is 23.2 Å². The van der Waals surface area contributed by atoms with Crippen molar-refractivity contribution in [3.63, 3.8) is 0 Å². The van der Waals surface area contributed by atoms with E-state index in [-0.39, 0.29) is 22.1 Å². The van der Waals surface area contributed by atoms with Crippen molar-refractivity contribution < 1.29 is 14.7 Å². The van der Waals surface area contributed by atoms with Gasteiger partial charge < -0.3 is 10.4 Å². The van der Waals surface area contributed by atoms with Gasteiger partial charge in [-0.2, -0.15) is 0 Å². The topological polar surface area (TPSA) is 66.4 Å². The largest absolute Gasteiger partial charge is 0.507 e. The lowest BCUT2D eigenvalue weighted by Gasteiger charge is -2.10. The van der Waals surface area contributed by atoms with Gasteiger partial charge in [-0.05, 0) is 43.3 Å². The summed E-state index contributed by atoms with van der Waals surface area (Å²) in [4.78, 5) is 24.9. The summed E-state index contributed by atoms with van der Waals surface area (Å²) in [6, 6.07) is 16.0. The number of nitrogens with one attached hydrogen (secondary N) is 1. The second kappa shape index (κ2) is 7.82. The Bertz CT molecular complexity index is 1030. The van der Waals surface area contributed by atoms with Crippen molar-refractivity contribution in [3.05, 3.63) is 93.0 Å². The minimum absolute atomic E-state index is 0.0263. The van der Waals surface area contributed by atoms with Crippen LogP contribution in [0.1, 0.15) is 31.8 Å². The molecule has 0 saturated carbocycles. The van der Waals surface area contributed by atoms with Crippen molar-refractivity contribution >= 4 is 40.6 Å². The third-order valence-corrected chi connectivity index (χ3v) is 4.54. The molecule has 0 fully saturated rings. The smallest absolute Gasteiger partial charge is 0.259 e. The zero-order valence-corrected chi connectivity index (χ0v) is 15.8. The van der Waals surface area contributed by atoms with Crippen molar-refractivity contribution in [1.82, 2.24) is 0 Å². The molecule has 0 unspecified atom stereocenters. The van der Waals surface area contributed by atoms with Crippen LogP contribution in [0.15, 0.2) is 60.7 Å². The number of hydrogen-bond acceptors (Lipinski definition) is 3. The molecule has 4 nitrogen and oxygen atoms in total. The van der Waals surface area contributed by atoms with Crippen LogP contribution in [0.4, 0.5) is 5.69 Å². The first-order valence-electron chi connectivity index (χ1n) is 8.06. The summed E-state index contributed by atoms with van der Waals surface area (Å²) in [6.07, 6.45) is 0. The third-order valence-electron chi connectivity index (χ3n) is 4.00. The van der Waals surface area contributed by atoms with Crippen LogP contribution in [0.3, 0.4) is 0 Å². The number of aromatic hydroxyl groups is 1. The molecule has 0 heterocycles. The molecule has 0 aliphatic carbocycles. The van der Waals surface area contributed by atoms with Crippen LogP contribution in [-0.2, 0) is 0 Å². The Balaban J connectivity index is 1.82. The SMILES string of the molecule is Cc1ccc(C(=O)c2ccc(NC(=O)c3cc(Cl)ccc3O)c(Cl)c2)cc1. The fourth-order valence-electron chi connectivity index (χ4n) is 2.51. The highest BCUT2D eigenvalue weighted by molar-refractivity contribution is 6.34. The van der Waals surface area contributed by atoms with Crippen LogP contribution >= 0.6 is 23.2 Å². The Morgan fingerprint density at radius 3 is 2.22 bits per heavy atom. The highest BCUT2D eigenvalue weighted by Gasteiger charge is 2.15. The lowest BCUT2D eigenvalue weighted by molar-refractivity contribution is 0.102. The molecular formula is C21H15Cl2NO3. The summed E-state index contributed by atoms with van der Waals surface area (Å²) in [7, 11) is 0. The monoisotopic (exact) mass is 399 g/mol. The minimum Gasteiger partial charge on any atom is -0.507 e. The number of rotatable bonds is 4. The Hall–Kier alpha value is -2.82. The summed E-state index contributed by atoms with van der Waals surface area (Å²) in [5.74, 6) is -0.920. The molecule has 0 bridgehead atoms. The molecule has 0 aliphatic rings. The van der Waals surface area contributed by atoms with Gasteiger partial charge in [0, 0.05) is 16.1 Å². The summed E-state index contributed by atoms with van der Waals surface area (Å²) >= 11 is 12.1. The number of carbonyl (C=O) groups excluding carboxylic acids is 2. The van der Waals surface area contributed by atoms with Gasteiger partial charge in [0.25, 0.3) is 5.91 Å². The quantitative estimate of drug-likeness (QED) is 0.569. The van der Waals surface area contributed by atoms with Gasteiger partial charge in [0.2, 0.25) is 0 Å². The number of halogens is 2. The fraction of sp³-hybridized carbons (Fsp3) is 0.0476. The van der Waals surface area contributed by atoms with Gasteiger partial charge in [-0.25, -0.2) is 0 Å². The Labute approximate surface area is 166 Å². The molecular weight excluding hydrogens is 385 g/mol. The highest BCUT2D eigenvalue weighted by atomic mass is 35.5. The molecule has 2 N–H and O–H groups in total. The predicted molar refractivity (Wildman–Crippen MR) is 107 cm³/mol. The zero-order chi connectivity index (χ0) is 19.6. The van der Waals surface area contributed by atoms with Crippen molar-refractivity contribution in [2.75, 3.05) is 5.32 Å². The first-order chi connectivity index (χ1) is 12.8. The summed E-state index contributed by atoms with van der Waals surface area (Å²) in [6.45, 7) is 1.94. The van der Waals surface area contributed by atoms with E-state index < -0.39 is 5.91 Å². The van der Waals surface area contributed by atoms with Crippen LogP contribution in [0.25, 0.3) is 0 Å². The van der Waals surface area contributed by atoms with Gasteiger partial charge >= 0.3 is 0 Å². The third kappa shape index (κ3) is 4.30. The van der Waals surface area contributed by atoms with Gasteiger partial charge in [0.1, 0.15) is 5.75 Å². The van der Waals surface area contributed by atoms with E-state index in [9.17, 15) is 14.7 Å². The molecule has 3 aromatic rings. The number of hydrogen-bond donors (Lipinski definition) is 2. The summed E-state index contributed by atoms with van der Waals surface area (Å²) in [5.41, 5.74) is 2.37. The first-order valence-corrected chi connectivity index (χ1v) is 8.81. The van der Waals surface area contributed by atoms with Crippen LogP contribution < -0.4 is 5.32 Å². The second-order valence-corrected chi connectivity index (χ2v) is 6.85. The van der Waals surface area contributed by atoms with Gasteiger partial charge in [-0.15, -0.1) is 0 Å². The number of carbonyl (C=O) groups is 2. The number of aryl methyl sites for hydroxylation is 1. The Morgan fingerprint density at radius 1 is 0.889 bits per heavy atom. The number of phenolic OH excluding ortho intramolecular Hbond substituents is 1. The normalized spacial score (nSPS) is 10.5. The number of ketones is 1. The highest BCUT2D eigenvalue weighted by Crippen LogP contribution is 2.27. The van der Waals surface area contributed by atoms with E-state index in [0.29, 0.717) is 21.8 Å². The number of benzene rings is 3. The molecule has 6 heteroatoms. The molecule has 3 rings (SSSR count). The van der Waals surface area contributed by atoms with E-state index in [1.807, 2.05) is 19.1 Å². The van der Waals surface area contributed by atoms with Gasteiger partial charge in [0.15, 0.2) is 5.78 Å². The standard InChI is InChI=1S/C21H15Cl2NO3/c1-12-2-4-13(5-3-12)20(26)14-6-8-18(17(23)10-14)24-21(27)16-11-15(22)7-9-19(16)25/h2-11,25H,1H3,(H,24,27). The fourth-order valence-corrected chi connectivity index (χ4v) is 2.91. The van der Waals surface area contributed by atoms with Crippen LogP contribution in [0.2, 0.25) is 10.0 Å². The van der Waals surface area contributed by atoms with Crippen molar-refractivity contribution in [2.45, 2.75) is 6.92 Å². The number of amides is 1. The van der Waals surface area contributed by atoms with Gasteiger partial charge in [-0.1, -0.05) is 53.0 Å². The first kappa shape index (κ1) is 19.0. The molecule has 0 aliphatic heterocycles. The average Bonchev–Trinajstić information content (AvgIpc) is 2.65. The van der Waals surface area contributed by atoms with Crippen molar-refractivity contribution in [3.8, 4) is 5.75 Å². The average molecular weight is 400 g/mol. The minimum atomic E-state index is -0.561. The zero-order valence-electron chi connectivity index (χ0n) is 14.3. The van der Waals surface area contributed by atoms with E-state index in [0.717, 1.165) is 5.56 Å². The van der Waals surface area contributed by atoms with E-state index in [2.05, 4.69) is 5.32 Å². The van der Waals surface area contributed by atoms with Crippen LogP contribution in [-0.4, -0.2) is 16.8 Å². The van der Waals surface area contributed by atoms with Crippen molar-refractivity contribution in [1.29, 1.82) is 0 Å². The summed E-state index contributed by atoms with van der Waals surface area (Å²) in [5, 5.41) is 13.0. The number of phenols is 1. The molecule has 0 aromatic heterocycles. The lowest BCUT2D eigenvalue weighted by atomic mass is 10.0. The van der Waals surface area contributed by atoms with Gasteiger partial charge in [0.05, 0.1) is 16.3 Å². The molecule has 136 valence electrons. The Morgan fingerprint density at radius 2 is 1.56 bits per heavy atom. The molecule has 0 atom stereocenters. The second-order valence-electron chi connectivity index (χ2n) is 6.01. The van der Waals surface area contributed by atoms with E-state index >= 15 is 0 Å². The molecule has 1 amide bonds. The summed E-state index contributed by atoms with van der Waals surface area (Å²) < 4.78 is 0. The van der Waals surface area contributed by atoms with Crippen LogP contribution in [0.5, 0.6) is 5.75 Å². The predicted octanol–water partition coefficient (Wildman–Crippen LogP) is 5.49.